The zero-order valence-corrected chi connectivity index (χ0v) is 16.6. The van der Waals surface area contributed by atoms with E-state index in [2.05, 4.69) is 0 Å². The lowest BCUT2D eigenvalue weighted by Gasteiger charge is -2.27. The minimum absolute atomic E-state index is 0.0796. The molecule has 0 N–H and O–H groups in total. The van der Waals surface area contributed by atoms with Crippen LogP contribution in [0.5, 0.6) is 5.75 Å². The second-order valence-corrected chi connectivity index (χ2v) is 8.91. The van der Waals surface area contributed by atoms with Crippen LogP contribution in [0.3, 0.4) is 0 Å². The number of carbonyl (C=O) groups excluding carboxylic acids is 1. The van der Waals surface area contributed by atoms with Crippen LogP contribution in [0.4, 0.5) is 0 Å². The molecule has 1 aromatic rings. The Morgan fingerprint density at radius 2 is 1.76 bits per heavy atom. The number of ether oxygens (including phenoxy) is 1. The van der Waals surface area contributed by atoms with Crippen molar-refractivity contribution in [1.82, 2.24) is 4.90 Å². The molecular weight excluding hydrogens is 342 g/mol. The van der Waals surface area contributed by atoms with E-state index in [1.54, 1.807) is 31.4 Å². The third-order valence-corrected chi connectivity index (χ3v) is 3.85. The van der Waals surface area contributed by atoms with Crippen molar-refractivity contribution in [2.75, 3.05) is 26.5 Å². The van der Waals surface area contributed by atoms with E-state index in [0.29, 0.717) is 26.1 Å². The van der Waals surface area contributed by atoms with Gasteiger partial charge >= 0.3 is 10.1 Å². The van der Waals surface area contributed by atoms with Crippen molar-refractivity contribution in [3.63, 3.8) is 0 Å². The van der Waals surface area contributed by atoms with Gasteiger partial charge in [-0.1, -0.05) is 32.9 Å². The highest BCUT2D eigenvalue weighted by Gasteiger charge is 2.21. The summed E-state index contributed by atoms with van der Waals surface area (Å²) >= 11 is 0. The Balaban J connectivity index is 2.80. The van der Waals surface area contributed by atoms with Gasteiger partial charge < -0.3 is 13.8 Å². The van der Waals surface area contributed by atoms with Gasteiger partial charge in [-0.05, 0) is 29.5 Å². The first kappa shape index (κ1) is 21.4. The summed E-state index contributed by atoms with van der Waals surface area (Å²) in [7, 11) is -1.90. The Hall–Kier alpha value is -1.60. The molecule has 0 heterocycles. The Kier molecular flexibility index (Phi) is 7.89. The average Bonchev–Trinajstić information content (AvgIpc) is 2.45. The molecule has 1 rings (SSSR count). The molecule has 142 valence electrons. The number of methoxy groups -OCH3 is 1. The van der Waals surface area contributed by atoms with E-state index in [4.69, 9.17) is 8.92 Å². The summed E-state index contributed by atoms with van der Waals surface area (Å²) in [5, 5.41) is 0. The Bertz CT molecular complexity index is 647. The fraction of sp³-hybridized carbons (Fsp3) is 0.611. The molecule has 0 unspecified atom stereocenters. The van der Waals surface area contributed by atoms with Crippen LogP contribution < -0.4 is 4.18 Å². The van der Waals surface area contributed by atoms with Crippen LogP contribution in [-0.2, 0) is 26.2 Å². The zero-order valence-electron chi connectivity index (χ0n) is 15.7. The molecule has 0 bridgehead atoms. The van der Waals surface area contributed by atoms with Crippen molar-refractivity contribution in [2.45, 2.75) is 40.2 Å². The quantitative estimate of drug-likeness (QED) is 0.493. The first-order chi connectivity index (χ1) is 11.5. The zero-order chi connectivity index (χ0) is 19.1. The molecule has 0 fully saturated rings. The third kappa shape index (κ3) is 9.45. The standard InChI is InChI=1S/C18H29NO5S/c1-18(2,3)13-17(20)19(11-6-12-23-4)14-15-7-9-16(10-8-15)24-25(5,21)22/h7-10H,6,11-14H2,1-5H3. The van der Waals surface area contributed by atoms with Gasteiger partial charge in [0, 0.05) is 33.2 Å². The smallest absolute Gasteiger partial charge is 0.306 e. The van der Waals surface area contributed by atoms with E-state index < -0.39 is 10.1 Å². The maximum absolute atomic E-state index is 12.6. The summed E-state index contributed by atoms with van der Waals surface area (Å²) in [5.41, 5.74) is 0.838. The van der Waals surface area contributed by atoms with Gasteiger partial charge in [-0.25, -0.2) is 0 Å². The topological polar surface area (TPSA) is 72.9 Å². The van der Waals surface area contributed by atoms with Gasteiger partial charge in [0.2, 0.25) is 5.91 Å². The van der Waals surface area contributed by atoms with Crippen molar-refractivity contribution in [3.05, 3.63) is 29.8 Å². The number of benzene rings is 1. The van der Waals surface area contributed by atoms with Crippen molar-refractivity contribution in [2.24, 2.45) is 5.41 Å². The van der Waals surface area contributed by atoms with Crippen molar-refractivity contribution >= 4 is 16.0 Å². The van der Waals surface area contributed by atoms with Crippen LogP contribution in [-0.4, -0.2) is 45.7 Å². The van der Waals surface area contributed by atoms with Crippen LogP contribution in [0.1, 0.15) is 39.2 Å². The third-order valence-electron chi connectivity index (χ3n) is 3.36. The van der Waals surface area contributed by atoms with Crippen molar-refractivity contribution in [1.29, 1.82) is 0 Å². The summed E-state index contributed by atoms with van der Waals surface area (Å²) in [6.07, 6.45) is 2.24. The van der Waals surface area contributed by atoms with E-state index in [9.17, 15) is 13.2 Å². The normalized spacial score (nSPS) is 12.0. The number of hydrogen-bond acceptors (Lipinski definition) is 5. The maximum atomic E-state index is 12.6. The number of hydrogen-bond donors (Lipinski definition) is 0. The fourth-order valence-corrected chi connectivity index (χ4v) is 2.76. The van der Waals surface area contributed by atoms with Gasteiger partial charge in [-0.2, -0.15) is 8.42 Å². The Morgan fingerprint density at radius 1 is 1.16 bits per heavy atom. The highest BCUT2D eigenvalue weighted by Crippen LogP contribution is 2.21. The summed E-state index contributed by atoms with van der Waals surface area (Å²) in [6.45, 7) is 7.79. The molecule has 0 aromatic heterocycles. The number of amides is 1. The molecular formula is C18H29NO5S. The van der Waals surface area contributed by atoms with Crippen molar-refractivity contribution in [3.8, 4) is 5.75 Å². The lowest BCUT2D eigenvalue weighted by atomic mass is 9.91. The Labute approximate surface area is 151 Å². The maximum Gasteiger partial charge on any atom is 0.306 e. The molecule has 0 aliphatic heterocycles. The van der Waals surface area contributed by atoms with E-state index in [1.807, 2.05) is 25.7 Å². The molecule has 7 heteroatoms. The van der Waals surface area contributed by atoms with Gasteiger partial charge in [0.1, 0.15) is 5.75 Å². The van der Waals surface area contributed by atoms with E-state index in [-0.39, 0.29) is 17.1 Å². The predicted octanol–water partition coefficient (Wildman–Crippen LogP) is 2.83. The second-order valence-electron chi connectivity index (χ2n) is 7.33. The second kappa shape index (κ2) is 9.20. The number of rotatable bonds is 9. The highest BCUT2D eigenvalue weighted by molar-refractivity contribution is 7.86. The Morgan fingerprint density at radius 3 is 2.24 bits per heavy atom. The van der Waals surface area contributed by atoms with Gasteiger partial charge in [0.05, 0.1) is 6.26 Å². The van der Waals surface area contributed by atoms with E-state index in [0.717, 1.165) is 18.2 Å². The fourth-order valence-electron chi connectivity index (χ4n) is 2.30. The summed E-state index contributed by atoms with van der Waals surface area (Å²) < 4.78 is 32.2. The molecule has 6 nitrogen and oxygen atoms in total. The lowest BCUT2D eigenvalue weighted by molar-refractivity contribution is -0.133. The number of nitrogens with zero attached hydrogens (tertiary/aromatic N) is 1. The monoisotopic (exact) mass is 371 g/mol. The minimum atomic E-state index is -3.54. The minimum Gasteiger partial charge on any atom is -0.385 e. The van der Waals surface area contributed by atoms with Crippen LogP contribution in [0.2, 0.25) is 0 Å². The van der Waals surface area contributed by atoms with Crippen LogP contribution >= 0.6 is 0 Å². The van der Waals surface area contributed by atoms with E-state index in [1.165, 1.54) is 0 Å². The molecule has 0 aliphatic carbocycles. The molecule has 0 saturated heterocycles. The van der Waals surface area contributed by atoms with E-state index >= 15 is 0 Å². The van der Waals surface area contributed by atoms with Gasteiger partial charge in [0.15, 0.2) is 0 Å². The molecule has 0 saturated carbocycles. The van der Waals surface area contributed by atoms with Crippen LogP contribution in [0.15, 0.2) is 24.3 Å². The molecule has 0 radical (unpaired) electrons. The lowest BCUT2D eigenvalue weighted by Crippen LogP contribution is -2.34. The molecule has 1 aromatic carbocycles. The first-order valence-electron chi connectivity index (χ1n) is 8.25. The summed E-state index contributed by atoms with van der Waals surface area (Å²) in [4.78, 5) is 14.4. The molecule has 25 heavy (non-hydrogen) atoms. The van der Waals surface area contributed by atoms with Gasteiger partial charge in [-0.15, -0.1) is 0 Å². The summed E-state index contributed by atoms with van der Waals surface area (Å²) in [6, 6.07) is 6.73. The largest absolute Gasteiger partial charge is 0.385 e. The molecule has 0 atom stereocenters. The molecule has 1 amide bonds. The van der Waals surface area contributed by atoms with Crippen LogP contribution in [0.25, 0.3) is 0 Å². The number of carbonyl (C=O) groups is 1. The molecule has 0 aliphatic rings. The average molecular weight is 371 g/mol. The first-order valence-corrected chi connectivity index (χ1v) is 10.1. The predicted molar refractivity (Wildman–Crippen MR) is 97.9 cm³/mol. The molecule has 0 spiro atoms. The SMILES string of the molecule is COCCCN(Cc1ccc(OS(C)(=O)=O)cc1)C(=O)CC(C)(C)C. The van der Waals surface area contributed by atoms with Gasteiger partial charge in [0.25, 0.3) is 0 Å². The summed E-state index contributed by atoms with van der Waals surface area (Å²) in [5.74, 6) is 0.360. The van der Waals surface area contributed by atoms with Gasteiger partial charge in [-0.3, -0.25) is 4.79 Å². The van der Waals surface area contributed by atoms with Crippen LogP contribution in [0, 0.1) is 5.41 Å². The highest BCUT2D eigenvalue weighted by atomic mass is 32.2. The van der Waals surface area contributed by atoms with Crippen molar-refractivity contribution < 1.29 is 22.1 Å².